The molecule has 4 nitrogen and oxygen atoms in total. The van der Waals surface area contributed by atoms with E-state index >= 15 is 0 Å². The molecule has 0 spiro atoms. The van der Waals surface area contributed by atoms with Crippen LogP contribution in [0.1, 0.15) is 0 Å². The van der Waals surface area contributed by atoms with Crippen molar-refractivity contribution in [3.63, 3.8) is 0 Å². The predicted molar refractivity (Wildman–Crippen MR) is 242 cm³/mol. The van der Waals surface area contributed by atoms with E-state index in [1.165, 1.54) is 48.9 Å². The van der Waals surface area contributed by atoms with Crippen molar-refractivity contribution in [1.82, 2.24) is 19.1 Å². The van der Waals surface area contributed by atoms with Crippen LogP contribution >= 0.6 is 0 Å². The van der Waals surface area contributed by atoms with Crippen molar-refractivity contribution in [2.24, 2.45) is 0 Å². The van der Waals surface area contributed by atoms with E-state index in [-0.39, 0.29) is 0 Å². The number of benzene rings is 9. The second-order valence-electron chi connectivity index (χ2n) is 15.0. The zero-order chi connectivity index (χ0) is 38.2. The molecule has 0 aliphatic heterocycles. The summed E-state index contributed by atoms with van der Waals surface area (Å²) >= 11 is 0. The molecule has 0 saturated heterocycles. The first-order valence-electron chi connectivity index (χ1n) is 19.8. The zero-order valence-corrected chi connectivity index (χ0v) is 31.4. The van der Waals surface area contributed by atoms with Gasteiger partial charge in [-0.2, -0.15) is 0 Å². The highest BCUT2D eigenvalue weighted by molar-refractivity contribution is 6.24. The molecule has 58 heavy (non-hydrogen) atoms. The van der Waals surface area contributed by atoms with Gasteiger partial charge in [-0.25, -0.2) is 9.97 Å². The van der Waals surface area contributed by atoms with Crippen LogP contribution in [-0.4, -0.2) is 19.1 Å². The lowest BCUT2D eigenvalue weighted by molar-refractivity contribution is 1.01. The Morgan fingerprint density at radius 3 is 1.72 bits per heavy atom. The number of hydrogen-bond acceptors (Lipinski definition) is 2. The Morgan fingerprint density at radius 1 is 0.310 bits per heavy atom. The summed E-state index contributed by atoms with van der Waals surface area (Å²) < 4.78 is 4.67. The lowest BCUT2D eigenvalue weighted by Gasteiger charge is -2.14. The van der Waals surface area contributed by atoms with Crippen LogP contribution in [0.5, 0.6) is 0 Å². The molecule has 0 bridgehead atoms. The van der Waals surface area contributed by atoms with Gasteiger partial charge < -0.3 is 4.57 Å². The molecule has 0 aliphatic carbocycles. The largest absolute Gasteiger partial charge is 0.309 e. The van der Waals surface area contributed by atoms with Gasteiger partial charge in [0.2, 0.25) is 5.95 Å². The Hall–Kier alpha value is -7.82. The van der Waals surface area contributed by atoms with Crippen molar-refractivity contribution in [2.45, 2.75) is 0 Å². The van der Waals surface area contributed by atoms with Crippen molar-refractivity contribution in [3.8, 4) is 45.1 Å². The highest BCUT2D eigenvalue weighted by atomic mass is 15.2. The number of para-hydroxylation sites is 4. The van der Waals surface area contributed by atoms with E-state index in [9.17, 15) is 0 Å². The van der Waals surface area contributed by atoms with Crippen molar-refractivity contribution in [2.75, 3.05) is 0 Å². The van der Waals surface area contributed by atoms with Crippen LogP contribution in [0.15, 0.2) is 206 Å². The molecule has 0 fully saturated rings. The van der Waals surface area contributed by atoms with Crippen LogP contribution in [-0.2, 0) is 0 Å². The van der Waals surface area contributed by atoms with Gasteiger partial charge in [-0.3, -0.25) is 4.57 Å². The maximum Gasteiger partial charge on any atom is 0.235 e. The number of hydrogen-bond donors (Lipinski definition) is 0. The first kappa shape index (κ1) is 32.4. The third-order valence-corrected chi connectivity index (χ3v) is 11.7. The van der Waals surface area contributed by atoms with E-state index in [4.69, 9.17) is 9.97 Å². The minimum Gasteiger partial charge on any atom is -0.309 e. The molecule has 0 N–H and O–H groups in total. The summed E-state index contributed by atoms with van der Waals surface area (Å²) in [6, 6.07) is 73.8. The second kappa shape index (κ2) is 12.9. The van der Waals surface area contributed by atoms with E-state index in [0.29, 0.717) is 5.95 Å². The molecule has 0 aliphatic rings. The fourth-order valence-corrected chi connectivity index (χ4v) is 9.14. The summed E-state index contributed by atoms with van der Waals surface area (Å²) in [5.74, 6) is 0.644. The maximum absolute atomic E-state index is 5.49. The van der Waals surface area contributed by atoms with Gasteiger partial charge >= 0.3 is 0 Å². The van der Waals surface area contributed by atoms with Gasteiger partial charge in [0.25, 0.3) is 0 Å². The summed E-state index contributed by atoms with van der Waals surface area (Å²) in [6.45, 7) is 0. The smallest absolute Gasteiger partial charge is 0.235 e. The van der Waals surface area contributed by atoms with Gasteiger partial charge in [0, 0.05) is 38.2 Å². The van der Waals surface area contributed by atoms with Crippen LogP contribution in [0.2, 0.25) is 0 Å². The molecule has 0 atom stereocenters. The van der Waals surface area contributed by atoms with Gasteiger partial charge in [0.05, 0.1) is 33.3 Å². The van der Waals surface area contributed by atoms with Gasteiger partial charge in [-0.1, -0.05) is 158 Å². The quantitative estimate of drug-likeness (QED) is 0.176. The molecule has 3 heterocycles. The first-order valence-corrected chi connectivity index (χ1v) is 19.8. The van der Waals surface area contributed by atoms with Gasteiger partial charge in [-0.05, 0) is 81.6 Å². The number of rotatable bonds is 5. The fourth-order valence-electron chi connectivity index (χ4n) is 9.14. The van der Waals surface area contributed by atoms with Crippen LogP contribution in [0.3, 0.4) is 0 Å². The monoisotopic (exact) mass is 738 g/mol. The van der Waals surface area contributed by atoms with E-state index in [0.717, 1.165) is 55.6 Å². The highest BCUT2D eigenvalue weighted by Crippen LogP contribution is 2.43. The summed E-state index contributed by atoms with van der Waals surface area (Å²) in [5, 5.41) is 8.26. The third kappa shape index (κ3) is 4.95. The predicted octanol–water partition coefficient (Wildman–Crippen LogP) is 14.0. The average Bonchev–Trinajstić information content (AvgIpc) is 3.81. The Labute approximate surface area is 334 Å². The Bertz CT molecular complexity index is 3560. The summed E-state index contributed by atoms with van der Waals surface area (Å²) in [6.07, 6.45) is 0. The summed E-state index contributed by atoms with van der Waals surface area (Å²) in [7, 11) is 0. The Balaban J connectivity index is 1.14. The minimum atomic E-state index is 0.644. The van der Waals surface area contributed by atoms with Gasteiger partial charge in [-0.15, -0.1) is 0 Å². The fraction of sp³-hybridized carbons (Fsp3) is 0. The molecule has 0 saturated carbocycles. The molecule has 12 rings (SSSR count). The van der Waals surface area contributed by atoms with Crippen molar-refractivity contribution >= 4 is 65.3 Å². The first-order chi connectivity index (χ1) is 28.8. The molecule has 0 unspecified atom stereocenters. The minimum absolute atomic E-state index is 0.644. The van der Waals surface area contributed by atoms with Gasteiger partial charge in [0.15, 0.2) is 0 Å². The topological polar surface area (TPSA) is 35.6 Å². The number of nitrogens with zero attached hydrogens (tertiary/aromatic N) is 4. The lowest BCUT2D eigenvalue weighted by atomic mass is 9.94. The summed E-state index contributed by atoms with van der Waals surface area (Å²) in [4.78, 5) is 10.8. The Morgan fingerprint density at radius 2 is 0.914 bits per heavy atom. The molecule has 3 aromatic heterocycles. The van der Waals surface area contributed by atoms with E-state index < -0.39 is 0 Å². The molecular formula is C54H34N4. The molecule has 9 aromatic carbocycles. The van der Waals surface area contributed by atoms with E-state index in [1.54, 1.807) is 0 Å². The zero-order valence-electron chi connectivity index (χ0n) is 31.4. The standard InChI is InChI=1S/C54H34N4/c1-3-16-35(17-4-1)36-18-15-19-38(32-36)53-44-25-9-12-27-47(44)55-54(56-53)58-49-29-14-11-26-45(49)52-43-24-8-7-22-40(43)46(34-51(52)58)37-30-31-42-41-23-10-13-28-48(41)57(50(42)33-37)39-20-5-2-6-21-39/h1-34H. The Kier molecular flexibility index (Phi) is 7.20. The van der Waals surface area contributed by atoms with Crippen LogP contribution in [0, 0.1) is 0 Å². The SMILES string of the molecule is c1ccc(-c2cccc(-c3nc(-n4c5ccccc5c5c6ccccc6c(-c6ccc7c8ccccc8n(-c8ccccc8)c7c6)cc54)nc4ccccc34)c2)cc1. The second-order valence-corrected chi connectivity index (χ2v) is 15.0. The van der Waals surface area contributed by atoms with E-state index in [2.05, 4.69) is 215 Å². The van der Waals surface area contributed by atoms with Crippen LogP contribution < -0.4 is 0 Å². The lowest BCUT2D eigenvalue weighted by Crippen LogP contribution is -2.03. The highest BCUT2D eigenvalue weighted by Gasteiger charge is 2.22. The average molecular weight is 739 g/mol. The van der Waals surface area contributed by atoms with Crippen molar-refractivity contribution in [1.29, 1.82) is 0 Å². The van der Waals surface area contributed by atoms with E-state index in [1.807, 2.05) is 0 Å². The number of fused-ring (bicyclic) bond motifs is 9. The molecular weight excluding hydrogens is 705 g/mol. The molecule has 0 amide bonds. The molecule has 4 heteroatoms. The summed E-state index contributed by atoms with van der Waals surface area (Å²) in [5.41, 5.74) is 13.1. The van der Waals surface area contributed by atoms with Crippen LogP contribution in [0.4, 0.5) is 0 Å². The molecule has 270 valence electrons. The number of aromatic nitrogens is 4. The van der Waals surface area contributed by atoms with Gasteiger partial charge in [0.1, 0.15) is 0 Å². The van der Waals surface area contributed by atoms with Crippen molar-refractivity contribution in [3.05, 3.63) is 206 Å². The molecule has 0 radical (unpaired) electrons. The molecule has 12 aromatic rings. The van der Waals surface area contributed by atoms with Crippen molar-refractivity contribution < 1.29 is 0 Å². The third-order valence-electron chi connectivity index (χ3n) is 11.7. The maximum atomic E-state index is 5.49. The normalized spacial score (nSPS) is 11.8. The van der Waals surface area contributed by atoms with Crippen LogP contribution in [0.25, 0.3) is 110 Å².